The van der Waals surface area contributed by atoms with Crippen LogP contribution in [0.3, 0.4) is 0 Å². The number of morpholine rings is 1. The van der Waals surface area contributed by atoms with Gasteiger partial charge in [-0.25, -0.2) is 5.01 Å². The van der Waals surface area contributed by atoms with Crippen molar-refractivity contribution >= 4 is 0 Å². The third kappa shape index (κ3) is 4.07. The van der Waals surface area contributed by atoms with Crippen LogP contribution in [-0.2, 0) is 4.74 Å². The van der Waals surface area contributed by atoms with Crippen LogP contribution >= 0.6 is 0 Å². The number of rotatable bonds is 5. The third-order valence-electron chi connectivity index (χ3n) is 2.77. The monoisotopic (exact) mass is 186 g/mol. The largest absolute Gasteiger partial charge is 0.379 e. The molecule has 1 N–H and O–H groups in total. The number of hydrazine groups is 1. The summed E-state index contributed by atoms with van der Waals surface area (Å²) in [6.07, 6.45) is 2.54. The highest BCUT2D eigenvalue weighted by molar-refractivity contribution is 4.61. The first-order valence-electron chi connectivity index (χ1n) is 5.43. The van der Waals surface area contributed by atoms with Crippen molar-refractivity contribution in [3.05, 3.63) is 0 Å². The van der Waals surface area contributed by atoms with Crippen LogP contribution in [0, 0.1) is 5.92 Å². The van der Waals surface area contributed by atoms with Crippen molar-refractivity contribution in [1.82, 2.24) is 10.4 Å². The molecule has 13 heavy (non-hydrogen) atoms. The number of hydrogen-bond donors (Lipinski definition) is 1. The summed E-state index contributed by atoms with van der Waals surface area (Å²) in [4.78, 5) is 0. The molecule has 0 aromatic rings. The van der Waals surface area contributed by atoms with E-state index in [0.717, 1.165) is 38.8 Å². The highest BCUT2D eigenvalue weighted by atomic mass is 16.5. The van der Waals surface area contributed by atoms with Crippen LogP contribution in [-0.4, -0.2) is 37.9 Å². The Morgan fingerprint density at radius 3 is 2.38 bits per heavy atom. The molecule has 1 heterocycles. The zero-order valence-corrected chi connectivity index (χ0v) is 8.88. The molecule has 3 heteroatoms. The molecule has 1 rings (SSSR count). The molecule has 0 spiro atoms. The van der Waals surface area contributed by atoms with E-state index < -0.39 is 0 Å². The molecular weight excluding hydrogens is 164 g/mol. The van der Waals surface area contributed by atoms with Gasteiger partial charge in [-0.3, -0.25) is 5.43 Å². The standard InChI is InChI=1S/C10H22N2O/c1-3-10(4-2)9-11-12-5-7-13-8-6-12/h10-11H,3-9H2,1-2H3. The summed E-state index contributed by atoms with van der Waals surface area (Å²) in [6.45, 7) is 9.43. The van der Waals surface area contributed by atoms with Gasteiger partial charge in [0.25, 0.3) is 0 Å². The van der Waals surface area contributed by atoms with E-state index in [1.165, 1.54) is 12.8 Å². The minimum Gasteiger partial charge on any atom is -0.379 e. The van der Waals surface area contributed by atoms with Gasteiger partial charge < -0.3 is 4.74 Å². The smallest absolute Gasteiger partial charge is 0.0608 e. The molecule has 0 aromatic heterocycles. The molecule has 0 atom stereocenters. The number of hydrogen-bond acceptors (Lipinski definition) is 3. The number of ether oxygens (including phenoxy) is 1. The summed E-state index contributed by atoms with van der Waals surface area (Å²) < 4.78 is 5.28. The first-order valence-corrected chi connectivity index (χ1v) is 5.43. The zero-order valence-electron chi connectivity index (χ0n) is 8.88. The van der Waals surface area contributed by atoms with Crippen molar-refractivity contribution < 1.29 is 4.74 Å². The molecule has 0 saturated carbocycles. The lowest BCUT2D eigenvalue weighted by Gasteiger charge is -2.28. The lowest BCUT2D eigenvalue weighted by Crippen LogP contribution is -2.47. The van der Waals surface area contributed by atoms with E-state index >= 15 is 0 Å². The maximum atomic E-state index is 5.28. The van der Waals surface area contributed by atoms with E-state index in [1.54, 1.807) is 0 Å². The van der Waals surface area contributed by atoms with E-state index in [1.807, 2.05) is 0 Å². The predicted octanol–water partition coefficient (Wildman–Crippen LogP) is 1.26. The Hall–Kier alpha value is -0.120. The van der Waals surface area contributed by atoms with Gasteiger partial charge >= 0.3 is 0 Å². The SMILES string of the molecule is CCC(CC)CNN1CCOCC1. The molecule has 0 unspecified atom stereocenters. The summed E-state index contributed by atoms with van der Waals surface area (Å²) in [5.74, 6) is 0.822. The molecule has 3 nitrogen and oxygen atoms in total. The maximum Gasteiger partial charge on any atom is 0.0608 e. The molecule has 0 aliphatic carbocycles. The molecule has 0 bridgehead atoms. The normalized spacial score (nSPS) is 19.6. The van der Waals surface area contributed by atoms with Gasteiger partial charge in [0.05, 0.1) is 13.2 Å². The van der Waals surface area contributed by atoms with Gasteiger partial charge in [0, 0.05) is 19.6 Å². The van der Waals surface area contributed by atoms with Crippen molar-refractivity contribution in [2.75, 3.05) is 32.8 Å². The average Bonchev–Trinajstić information content (AvgIpc) is 2.21. The fourth-order valence-electron chi connectivity index (χ4n) is 1.56. The van der Waals surface area contributed by atoms with Crippen molar-refractivity contribution in [2.45, 2.75) is 26.7 Å². The summed E-state index contributed by atoms with van der Waals surface area (Å²) in [7, 11) is 0. The average molecular weight is 186 g/mol. The molecule has 0 aromatic carbocycles. The summed E-state index contributed by atoms with van der Waals surface area (Å²) >= 11 is 0. The third-order valence-corrected chi connectivity index (χ3v) is 2.77. The van der Waals surface area contributed by atoms with Gasteiger partial charge in [-0.15, -0.1) is 0 Å². The van der Waals surface area contributed by atoms with Crippen LogP contribution in [0.4, 0.5) is 0 Å². The Morgan fingerprint density at radius 1 is 1.23 bits per heavy atom. The fraction of sp³-hybridized carbons (Fsp3) is 1.00. The number of nitrogens with zero attached hydrogens (tertiary/aromatic N) is 1. The highest BCUT2D eigenvalue weighted by Gasteiger charge is 2.10. The summed E-state index contributed by atoms with van der Waals surface area (Å²) in [5.41, 5.74) is 3.48. The van der Waals surface area contributed by atoms with Crippen LogP contribution in [0.25, 0.3) is 0 Å². The first kappa shape index (κ1) is 11.0. The maximum absolute atomic E-state index is 5.28. The van der Waals surface area contributed by atoms with Crippen LogP contribution in [0.15, 0.2) is 0 Å². The van der Waals surface area contributed by atoms with Crippen molar-refractivity contribution in [3.63, 3.8) is 0 Å². The second kappa shape index (κ2) is 6.35. The molecular formula is C10H22N2O. The second-order valence-electron chi connectivity index (χ2n) is 3.64. The Balaban J connectivity index is 2.09. The van der Waals surface area contributed by atoms with Crippen LogP contribution in [0.1, 0.15) is 26.7 Å². The van der Waals surface area contributed by atoms with Gasteiger partial charge in [0.1, 0.15) is 0 Å². The predicted molar refractivity (Wildman–Crippen MR) is 54.5 cm³/mol. The number of nitrogens with one attached hydrogen (secondary N) is 1. The molecule has 1 aliphatic rings. The van der Waals surface area contributed by atoms with E-state index in [4.69, 9.17) is 4.74 Å². The minimum absolute atomic E-state index is 0.822. The van der Waals surface area contributed by atoms with E-state index in [2.05, 4.69) is 24.3 Å². The topological polar surface area (TPSA) is 24.5 Å². The van der Waals surface area contributed by atoms with Gasteiger partial charge in [-0.05, 0) is 5.92 Å². The quantitative estimate of drug-likeness (QED) is 0.699. The second-order valence-corrected chi connectivity index (χ2v) is 3.64. The Kier molecular flexibility index (Phi) is 5.35. The van der Waals surface area contributed by atoms with Crippen molar-refractivity contribution in [1.29, 1.82) is 0 Å². The molecule has 0 amide bonds. The Labute approximate surface area is 81.4 Å². The Bertz CT molecular complexity index is 120. The van der Waals surface area contributed by atoms with Gasteiger partial charge in [0.15, 0.2) is 0 Å². The van der Waals surface area contributed by atoms with Crippen molar-refractivity contribution in [3.8, 4) is 0 Å². The highest BCUT2D eigenvalue weighted by Crippen LogP contribution is 2.05. The lowest BCUT2D eigenvalue weighted by molar-refractivity contribution is 0.00912. The molecule has 78 valence electrons. The molecule has 1 fully saturated rings. The minimum atomic E-state index is 0.822. The van der Waals surface area contributed by atoms with Gasteiger partial charge in [-0.1, -0.05) is 26.7 Å². The van der Waals surface area contributed by atoms with Crippen LogP contribution in [0.2, 0.25) is 0 Å². The molecule has 0 radical (unpaired) electrons. The van der Waals surface area contributed by atoms with Crippen LogP contribution in [0.5, 0.6) is 0 Å². The van der Waals surface area contributed by atoms with E-state index in [9.17, 15) is 0 Å². The van der Waals surface area contributed by atoms with Gasteiger partial charge in [0.2, 0.25) is 0 Å². The summed E-state index contributed by atoms with van der Waals surface area (Å²) in [6, 6.07) is 0. The Morgan fingerprint density at radius 2 is 1.85 bits per heavy atom. The summed E-state index contributed by atoms with van der Waals surface area (Å²) in [5, 5.41) is 2.28. The van der Waals surface area contributed by atoms with Gasteiger partial charge in [-0.2, -0.15) is 0 Å². The lowest BCUT2D eigenvalue weighted by atomic mass is 10.0. The van der Waals surface area contributed by atoms with E-state index in [-0.39, 0.29) is 0 Å². The van der Waals surface area contributed by atoms with Crippen LogP contribution < -0.4 is 5.43 Å². The molecule has 1 aliphatic heterocycles. The fourth-order valence-corrected chi connectivity index (χ4v) is 1.56. The van der Waals surface area contributed by atoms with Crippen molar-refractivity contribution in [2.24, 2.45) is 5.92 Å². The van der Waals surface area contributed by atoms with E-state index in [0.29, 0.717) is 0 Å². The first-order chi connectivity index (χ1) is 6.36. The zero-order chi connectivity index (χ0) is 9.52. The molecule has 1 saturated heterocycles.